The Balaban J connectivity index is 1.34. The smallest absolute Gasteiger partial charge is 0.363 e. The number of likely N-dealkylation sites (tertiary alicyclic amines) is 1. The lowest BCUT2D eigenvalue weighted by Gasteiger charge is -2.39. The van der Waals surface area contributed by atoms with E-state index in [2.05, 4.69) is 16.7 Å². The normalized spacial score (nSPS) is 20.7. The first-order valence-electron chi connectivity index (χ1n) is 14.0. The third-order valence-corrected chi connectivity index (χ3v) is 8.38. The van der Waals surface area contributed by atoms with Crippen LogP contribution in [0.4, 0.5) is 34.8 Å². The maximum Gasteiger partial charge on any atom is 0.416 e. The van der Waals surface area contributed by atoms with Crippen molar-refractivity contribution < 1.29 is 31.9 Å². The van der Waals surface area contributed by atoms with Crippen LogP contribution in [0.5, 0.6) is 0 Å². The van der Waals surface area contributed by atoms with E-state index in [9.17, 15) is 27.6 Å². The zero-order valence-electron chi connectivity index (χ0n) is 24.0. The Labute approximate surface area is 250 Å². The highest BCUT2D eigenvalue weighted by Crippen LogP contribution is 2.42. The highest BCUT2D eigenvalue weighted by Gasteiger charge is 2.49. The Bertz CT molecular complexity index is 1670. The van der Waals surface area contributed by atoms with Crippen LogP contribution < -0.4 is 14.7 Å². The van der Waals surface area contributed by atoms with Gasteiger partial charge in [-0.25, -0.2) is 9.37 Å². The fourth-order valence-corrected chi connectivity index (χ4v) is 6.22. The molecule has 2 fully saturated rings. The molecule has 0 aliphatic carbocycles. The molecule has 0 saturated carbocycles. The molecule has 0 unspecified atom stereocenters. The summed E-state index contributed by atoms with van der Waals surface area (Å²) in [6, 6.07) is 4.81. The summed E-state index contributed by atoms with van der Waals surface area (Å²) < 4.78 is 58.2. The minimum absolute atomic E-state index is 0.0263. The number of pyridine rings is 1. The zero-order chi connectivity index (χ0) is 31.5. The fourth-order valence-electron chi connectivity index (χ4n) is 6.22. The summed E-state index contributed by atoms with van der Waals surface area (Å²) >= 11 is 0. The molecule has 0 spiro atoms. The molecule has 3 aromatic rings. The van der Waals surface area contributed by atoms with Gasteiger partial charge in [-0.05, 0) is 37.3 Å². The SMILES string of the molecule is C=CC(=O)N1CC(n2cc(CN3C[C@H]4CC(=O)N(c5cc(C(F)(F)F)cc(C)n5)[C@@H]4C(=O)N(C)c4cccc(F)c43)cn2)C1. The molecule has 0 N–H and O–H groups in total. The summed E-state index contributed by atoms with van der Waals surface area (Å²) in [4.78, 5) is 49.0. The van der Waals surface area contributed by atoms with E-state index < -0.39 is 41.3 Å². The van der Waals surface area contributed by atoms with Gasteiger partial charge in [-0.3, -0.25) is 24.0 Å². The van der Waals surface area contributed by atoms with E-state index in [1.54, 1.807) is 26.7 Å². The number of carbonyl (C=O) groups is 3. The number of fused-ring (bicyclic) bond motifs is 2. The number of anilines is 3. The molecule has 2 saturated heterocycles. The molecule has 6 rings (SSSR count). The van der Waals surface area contributed by atoms with Crippen molar-refractivity contribution in [3.05, 3.63) is 78.0 Å². The van der Waals surface area contributed by atoms with Gasteiger partial charge in [0, 0.05) is 63.0 Å². The number of carbonyl (C=O) groups excluding carboxylic acids is 3. The van der Waals surface area contributed by atoms with Gasteiger partial charge < -0.3 is 14.7 Å². The maximum atomic E-state index is 15.5. The van der Waals surface area contributed by atoms with Crippen molar-refractivity contribution in [2.24, 2.45) is 5.92 Å². The van der Waals surface area contributed by atoms with E-state index in [1.165, 1.54) is 37.1 Å². The van der Waals surface area contributed by atoms with Gasteiger partial charge in [-0.15, -0.1) is 0 Å². The van der Waals surface area contributed by atoms with Gasteiger partial charge in [0.15, 0.2) is 0 Å². The van der Waals surface area contributed by atoms with Crippen molar-refractivity contribution in [3.63, 3.8) is 0 Å². The topological polar surface area (TPSA) is 94.9 Å². The van der Waals surface area contributed by atoms with E-state index in [1.807, 2.05) is 6.20 Å². The third kappa shape index (κ3) is 5.07. The van der Waals surface area contributed by atoms with Crippen molar-refractivity contribution in [2.75, 3.05) is 41.4 Å². The largest absolute Gasteiger partial charge is 0.416 e. The standard InChI is InChI=1S/C30H29F4N7O3/c1-4-25(42)38-15-21(16-38)40-13-18(11-35-40)12-39-14-19-9-26(43)41(24-10-20(30(32,33)34)8-17(2)36-24)27(19)29(44)37(3)23-7-5-6-22(31)28(23)39/h4-8,10-11,13,19,21,27H,1,9,12,14-16H2,2-3H3/t19-,27+/m1/s1. The van der Waals surface area contributed by atoms with E-state index in [-0.39, 0.29) is 54.3 Å². The Morgan fingerprint density at radius 2 is 1.91 bits per heavy atom. The average molecular weight is 612 g/mol. The van der Waals surface area contributed by atoms with Gasteiger partial charge in [-0.1, -0.05) is 12.6 Å². The quantitative estimate of drug-likeness (QED) is 0.323. The second-order valence-electron chi connectivity index (χ2n) is 11.3. The van der Waals surface area contributed by atoms with Crippen molar-refractivity contribution in [1.29, 1.82) is 0 Å². The minimum atomic E-state index is -4.68. The Kier molecular flexibility index (Phi) is 7.17. The zero-order valence-corrected chi connectivity index (χ0v) is 24.0. The Morgan fingerprint density at radius 1 is 1.16 bits per heavy atom. The molecule has 230 valence electrons. The predicted molar refractivity (Wildman–Crippen MR) is 152 cm³/mol. The second kappa shape index (κ2) is 10.8. The number of alkyl halides is 3. The first-order valence-corrected chi connectivity index (χ1v) is 14.0. The molecule has 2 aromatic heterocycles. The van der Waals surface area contributed by atoms with Gasteiger partial charge in [0.1, 0.15) is 17.7 Å². The fraction of sp³-hybridized carbons (Fsp3) is 0.367. The van der Waals surface area contributed by atoms with Crippen molar-refractivity contribution in [1.82, 2.24) is 19.7 Å². The number of nitrogens with zero attached hydrogens (tertiary/aromatic N) is 7. The minimum Gasteiger partial charge on any atom is -0.363 e. The van der Waals surface area contributed by atoms with Crippen LogP contribution >= 0.6 is 0 Å². The van der Waals surface area contributed by atoms with Crippen molar-refractivity contribution in [3.8, 4) is 0 Å². The number of halogens is 4. The number of rotatable bonds is 5. The molecule has 3 amide bonds. The van der Waals surface area contributed by atoms with Crippen LogP contribution in [-0.2, 0) is 27.1 Å². The lowest BCUT2D eigenvalue weighted by atomic mass is 9.95. The van der Waals surface area contributed by atoms with E-state index >= 15 is 4.39 Å². The van der Waals surface area contributed by atoms with Crippen LogP contribution in [0.15, 0.2) is 55.4 Å². The number of hydrogen-bond donors (Lipinski definition) is 0. The third-order valence-electron chi connectivity index (χ3n) is 8.38. The molecule has 1 aromatic carbocycles. The molecule has 14 heteroatoms. The summed E-state index contributed by atoms with van der Waals surface area (Å²) in [6.45, 7) is 6.09. The van der Waals surface area contributed by atoms with Gasteiger partial charge in [-0.2, -0.15) is 18.3 Å². The van der Waals surface area contributed by atoms with Crippen LogP contribution in [0.2, 0.25) is 0 Å². The Hall–Kier alpha value is -4.75. The molecular weight excluding hydrogens is 582 g/mol. The van der Waals surface area contributed by atoms with E-state index in [0.717, 1.165) is 22.6 Å². The number of aryl methyl sites for hydroxylation is 1. The summed E-state index contributed by atoms with van der Waals surface area (Å²) in [5, 5.41) is 4.44. The molecule has 10 nitrogen and oxygen atoms in total. The van der Waals surface area contributed by atoms with Crippen LogP contribution in [0, 0.1) is 18.7 Å². The molecule has 44 heavy (non-hydrogen) atoms. The first-order chi connectivity index (χ1) is 20.8. The van der Waals surface area contributed by atoms with Gasteiger partial charge in [0.05, 0.1) is 29.2 Å². The molecular formula is C30H29F4N7O3. The number of benzene rings is 1. The van der Waals surface area contributed by atoms with Gasteiger partial charge in [0.2, 0.25) is 17.7 Å². The molecule has 3 aliphatic heterocycles. The molecule has 5 heterocycles. The number of aromatic nitrogens is 3. The van der Waals surface area contributed by atoms with E-state index in [0.29, 0.717) is 13.1 Å². The maximum absolute atomic E-state index is 15.5. The second-order valence-corrected chi connectivity index (χ2v) is 11.3. The number of para-hydroxylation sites is 1. The highest BCUT2D eigenvalue weighted by molar-refractivity contribution is 6.10. The van der Waals surface area contributed by atoms with Crippen LogP contribution in [-0.4, -0.2) is 70.1 Å². The molecule has 2 atom stereocenters. The number of amides is 3. The summed E-state index contributed by atoms with van der Waals surface area (Å²) in [7, 11) is 1.46. The average Bonchev–Trinajstić information content (AvgIpc) is 3.52. The number of hydrogen-bond acceptors (Lipinski definition) is 6. The number of likely N-dealkylation sites (N-methyl/N-ethyl adjacent to an activating group) is 1. The van der Waals surface area contributed by atoms with Crippen LogP contribution in [0.25, 0.3) is 0 Å². The van der Waals surface area contributed by atoms with Gasteiger partial charge >= 0.3 is 6.18 Å². The first kappa shape index (κ1) is 29.3. The molecule has 0 radical (unpaired) electrons. The lowest BCUT2D eigenvalue weighted by Crippen LogP contribution is -2.52. The lowest BCUT2D eigenvalue weighted by molar-refractivity contribution is -0.137. The van der Waals surface area contributed by atoms with Crippen LogP contribution in [0.1, 0.15) is 29.3 Å². The summed E-state index contributed by atoms with van der Waals surface area (Å²) in [5.74, 6) is -2.76. The van der Waals surface area contributed by atoms with Crippen molar-refractivity contribution in [2.45, 2.75) is 38.1 Å². The molecule has 0 bridgehead atoms. The summed E-state index contributed by atoms with van der Waals surface area (Å²) in [5.41, 5.74) is 0.227. The molecule has 3 aliphatic rings. The van der Waals surface area contributed by atoms with Crippen LogP contribution in [0.3, 0.4) is 0 Å². The van der Waals surface area contributed by atoms with E-state index in [4.69, 9.17) is 0 Å². The summed E-state index contributed by atoms with van der Waals surface area (Å²) in [6.07, 6.45) is -0.107. The highest BCUT2D eigenvalue weighted by atomic mass is 19.4. The Morgan fingerprint density at radius 3 is 2.61 bits per heavy atom. The predicted octanol–water partition coefficient (Wildman–Crippen LogP) is 3.72. The monoisotopic (exact) mass is 611 g/mol. The van der Waals surface area contributed by atoms with Crippen molar-refractivity contribution >= 4 is 34.9 Å². The van der Waals surface area contributed by atoms with Gasteiger partial charge in [0.25, 0.3) is 0 Å².